The number of nitrogens with one attached hydrogen (secondary N) is 1. The molecule has 1 saturated heterocycles. The van der Waals surface area contributed by atoms with E-state index < -0.39 is 11.0 Å². The van der Waals surface area contributed by atoms with Crippen LogP contribution in [0.4, 0.5) is 10.5 Å². The summed E-state index contributed by atoms with van der Waals surface area (Å²) in [6, 6.07) is 4.18. The number of hydrogen-bond donors (Lipinski definition) is 1. The van der Waals surface area contributed by atoms with Gasteiger partial charge >= 0.3 is 11.8 Å². The molecule has 1 aliphatic rings. The summed E-state index contributed by atoms with van der Waals surface area (Å²) in [6.07, 6.45) is -0.520. The number of nitrogens with zero attached hydrogens (tertiary/aromatic N) is 1. The molecule has 0 radical (unpaired) electrons. The summed E-state index contributed by atoms with van der Waals surface area (Å²) in [7, 11) is 1.36. The third-order valence-electron chi connectivity index (χ3n) is 2.48. The molecule has 0 bridgehead atoms. The van der Waals surface area contributed by atoms with Gasteiger partial charge in [0.2, 0.25) is 0 Å². The van der Waals surface area contributed by atoms with Gasteiger partial charge in [-0.3, -0.25) is 10.1 Å². The zero-order valence-corrected chi connectivity index (χ0v) is 9.00. The smallest absolute Gasteiger partial charge is 0.407 e. The Morgan fingerprint density at radius 2 is 2.35 bits per heavy atom. The number of alkyl carbamates (subject to hydrolysis) is 1. The van der Waals surface area contributed by atoms with Crippen molar-refractivity contribution in [1.82, 2.24) is 5.32 Å². The molecule has 7 nitrogen and oxygen atoms in total. The Kier molecular flexibility index (Phi) is 2.82. The largest absolute Gasteiger partial charge is 0.490 e. The van der Waals surface area contributed by atoms with Crippen molar-refractivity contribution in [3.63, 3.8) is 0 Å². The zero-order chi connectivity index (χ0) is 12.4. The Hall–Kier alpha value is -2.31. The van der Waals surface area contributed by atoms with Crippen LogP contribution in [0.3, 0.4) is 0 Å². The predicted molar refractivity (Wildman–Crippen MR) is 56.9 cm³/mol. The molecule has 1 amide bonds. The normalized spacial score (nSPS) is 18.4. The number of nitro groups is 1. The lowest BCUT2D eigenvalue weighted by atomic mass is 10.1. The Morgan fingerprint density at radius 3 is 2.88 bits per heavy atom. The number of carbonyl (C=O) groups is 1. The fraction of sp³-hybridized carbons (Fsp3) is 0.300. The molecule has 1 unspecified atom stereocenters. The van der Waals surface area contributed by atoms with Crippen molar-refractivity contribution < 1.29 is 19.2 Å². The summed E-state index contributed by atoms with van der Waals surface area (Å²) in [5.74, 6) is 0.184. The van der Waals surface area contributed by atoms with Gasteiger partial charge in [-0.2, -0.15) is 0 Å². The van der Waals surface area contributed by atoms with Crippen LogP contribution < -0.4 is 10.1 Å². The fourth-order valence-electron chi connectivity index (χ4n) is 1.63. The second-order valence-corrected chi connectivity index (χ2v) is 3.48. The van der Waals surface area contributed by atoms with E-state index in [1.807, 2.05) is 0 Å². The molecular weight excluding hydrogens is 228 g/mol. The monoisotopic (exact) mass is 238 g/mol. The van der Waals surface area contributed by atoms with Gasteiger partial charge in [-0.25, -0.2) is 4.79 Å². The van der Waals surface area contributed by atoms with Gasteiger partial charge < -0.3 is 14.8 Å². The molecule has 2 rings (SSSR count). The second kappa shape index (κ2) is 4.28. The van der Waals surface area contributed by atoms with Crippen molar-refractivity contribution in [3.8, 4) is 5.75 Å². The Morgan fingerprint density at radius 1 is 1.59 bits per heavy atom. The summed E-state index contributed by atoms with van der Waals surface area (Å²) in [4.78, 5) is 21.2. The van der Waals surface area contributed by atoms with E-state index >= 15 is 0 Å². The highest BCUT2D eigenvalue weighted by Crippen LogP contribution is 2.30. The van der Waals surface area contributed by atoms with Crippen molar-refractivity contribution in [2.24, 2.45) is 0 Å². The van der Waals surface area contributed by atoms with Crippen molar-refractivity contribution in [3.05, 3.63) is 33.9 Å². The lowest BCUT2D eigenvalue weighted by Gasteiger charge is -2.08. The molecule has 0 spiro atoms. The summed E-state index contributed by atoms with van der Waals surface area (Å²) in [5, 5.41) is 13.4. The predicted octanol–water partition coefficient (Wildman–Crippen LogP) is 1.38. The van der Waals surface area contributed by atoms with Crippen molar-refractivity contribution in [2.75, 3.05) is 13.7 Å². The molecule has 1 fully saturated rings. The molecule has 90 valence electrons. The van der Waals surface area contributed by atoms with E-state index in [4.69, 9.17) is 9.47 Å². The Labute approximate surface area is 96.5 Å². The molecule has 1 N–H and O–H groups in total. The van der Waals surface area contributed by atoms with E-state index in [2.05, 4.69) is 5.32 Å². The van der Waals surface area contributed by atoms with Crippen LogP contribution >= 0.6 is 0 Å². The maximum absolute atomic E-state index is 10.9. The second-order valence-electron chi connectivity index (χ2n) is 3.48. The average Bonchev–Trinajstić information content (AvgIpc) is 2.75. The van der Waals surface area contributed by atoms with Crippen LogP contribution in [0.1, 0.15) is 11.6 Å². The maximum Gasteiger partial charge on any atom is 0.407 e. The van der Waals surface area contributed by atoms with Gasteiger partial charge in [0.05, 0.1) is 18.1 Å². The van der Waals surface area contributed by atoms with Crippen LogP contribution in [0.5, 0.6) is 5.75 Å². The third kappa shape index (κ3) is 2.12. The Bertz CT molecular complexity index is 474. The fourth-order valence-corrected chi connectivity index (χ4v) is 1.63. The van der Waals surface area contributed by atoms with Crippen LogP contribution in [0.2, 0.25) is 0 Å². The molecule has 1 aliphatic heterocycles. The van der Waals surface area contributed by atoms with E-state index in [-0.39, 0.29) is 24.1 Å². The van der Waals surface area contributed by atoms with Crippen molar-refractivity contribution in [1.29, 1.82) is 0 Å². The number of rotatable bonds is 3. The van der Waals surface area contributed by atoms with E-state index in [1.165, 1.54) is 19.2 Å². The number of nitro benzene ring substituents is 1. The molecule has 17 heavy (non-hydrogen) atoms. The standard InChI is InChI=1S/C10H10N2O5/c1-16-9-3-2-6(4-8(9)12(14)15)7-5-17-10(13)11-7/h2-4,7H,5H2,1H3,(H,11,13). The first-order valence-electron chi connectivity index (χ1n) is 4.87. The van der Waals surface area contributed by atoms with Gasteiger partial charge in [-0.1, -0.05) is 6.07 Å². The van der Waals surface area contributed by atoms with Gasteiger partial charge in [-0.05, 0) is 11.6 Å². The minimum absolute atomic E-state index is 0.133. The molecule has 0 aromatic heterocycles. The molecule has 1 atom stereocenters. The highest BCUT2D eigenvalue weighted by Gasteiger charge is 2.26. The minimum atomic E-state index is -0.528. The summed E-state index contributed by atoms with van der Waals surface area (Å²) >= 11 is 0. The van der Waals surface area contributed by atoms with Gasteiger partial charge in [0, 0.05) is 6.07 Å². The molecule has 7 heteroatoms. The summed E-state index contributed by atoms with van der Waals surface area (Å²) in [5.41, 5.74) is 0.481. The summed E-state index contributed by atoms with van der Waals surface area (Å²) < 4.78 is 9.61. The molecule has 0 aliphatic carbocycles. The summed E-state index contributed by atoms with van der Waals surface area (Å²) in [6.45, 7) is 0.169. The Balaban J connectivity index is 2.33. The average molecular weight is 238 g/mol. The van der Waals surface area contributed by atoms with Gasteiger partial charge in [0.25, 0.3) is 0 Å². The number of amides is 1. The number of hydrogen-bond acceptors (Lipinski definition) is 5. The van der Waals surface area contributed by atoms with Crippen LogP contribution in [-0.4, -0.2) is 24.7 Å². The quantitative estimate of drug-likeness (QED) is 0.634. The first-order chi connectivity index (χ1) is 8.11. The van der Waals surface area contributed by atoms with Crippen LogP contribution in [0, 0.1) is 10.1 Å². The third-order valence-corrected chi connectivity index (χ3v) is 2.48. The number of carbonyl (C=O) groups excluding carboxylic acids is 1. The van der Waals surface area contributed by atoms with Crippen LogP contribution in [0.25, 0.3) is 0 Å². The van der Waals surface area contributed by atoms with Gasteiger partial charge in [0.1, 0.15) is 6.61 Å². The molecule has 1 aromatic carbocycles. The number of benzene rings is 1. The SMILES string of the molecule is COc1ccc(C2COC(=O)N2)cc1[N+](=O)[O-]. The lowest BCUT2D eigenvalue weighted by Crippen LogP contribution is -2.18. The topological polar surface area (TPSA) is 90.7 Å². The van der Waals surface area contributed by atoms with E-state index in [0.717, 1.165) is 0 Å². The lowest BCUT2D eigenvalue weighted by molar-refractivity contribution is -0.385. The minimum Gasteiger partial charge on any atom is -0.490 e. The first-order valence-corrected chi connectivity index (χ1v) is 4.87. The first kappa shape index (κ1) is 11.2. The number of ether oxygens (including phenoxy) is 2. The maximum atomic E-state index is 10.9. The molecule has 0 saturated carbocycles. The van der Waals surface area contributed by atoms with Crippen molar-refractivity contribution in [2.45, 2.75) is 6.04 Å². The van der Waals surface area contributed by atoms with Gasteiger partial charge in [-0.15, -0.1) is 0 Å². The molecular formula is C10H10N2O5. The van der Waals surface area contributed by atoms with E-state index in [1.54, 1.807) is 6.07 Å². The number of methoxy groups -OCH3 is 1. The zero-order valence-electron chi connectivity index (χ0n) is 9.00. The highest BCUT2D eigenvalue weighted by molar-refractivity contribution is 5.70. The highest BCUT2D eigenvalue weighted by atomic mass is 16.6. The number of cyclic esters (lactones) is 1. The molecule has 1 heterocycles. The van der Waals surface area contributed by atoms with Crippen molar-refractivity contribution >= 4 is 11.8 Å². The molecule has 1 aromatic rings. The van der Waals surface area contributed by atoms with Gasteiger partial charge in [0.15, 0.2) is 5.75 Å². The van der Waals surface area contributed by atoms with E-state index in [9.17, 15) is 14.9 Å². The van der Waals surface area contributed by atoms with E-state index in [0.29, 0.717) is 5.56 Å². The van der Waals surface area contributed by atoms with Crippen LogP contribution in [-0.2, 0) is 4.74 Å². The van der Waals surface area contributed by atoms with Crippen LogP contribution in [0.15, 0.2) is 18.2 Å².